The molecule has 2 N–H and O–H groups in total. The van der Waals surface area contributed by atoms with Gasteiger partial charge in [0.15, 0.2) is 0 Å². The van der Waals surface area contributed by atoms with Crippen LogP contribution < -0.4 is 10.6 Å². The van der Waals surface area contributed by atoms with Crippen molar-refractivity contribution in [3.63, 3.8) is 0 Å². The van der Waals surface area contributed by atoms with Crippen LogP contribution >= 0.6 is 0 Å². The molecule has 1 heterocycles. The molecular weight excluding hydrogens is 252 g/mol. The third-order valence-corrected chi connectivity index (χ3v) is 2.69. The van der Waals surface area contributed by atoms with Gasteiger partial charge in [-0.3, -0.25) is 4.79 Å². The first-order valence-electron chi connectivity index (χ1n) is 6.14. The average molecular weight is 266 g/mol. The summed E-state index contributed by atoms with van der Waals surface area (Å²) < 4.78 is 0. The highest BCUT2D eigenvalue weighted by molar-refractivity contribution is 6.02. The van der Waals surface area contributed by atoms with E-state index in [-0.39, 0.29) is 11.6 Å². The first kappa shape index (κ1) is 13.7. The number of amides is 1. The number of nitrogens with zero attached hydrogens (tertiary/aromatic N) is 2. The average Bonchev–Trinajstić information content (AvgIpc) is 2.48. The van der Waals surface area contributed by atoms with Gasteiger partial charge in [-0.15, -0.1) is 0 Å². The number of carbonyl (C=O) groups excluding carboxylic acids is 1. The minimum absolute atomic E-state index is 0.281. The van der Waals surface area contributed by atoms with Crippen molar-refractivity contribution in [2.45, 2.75) is 6.54 Å². The lowest BCUT2D eigenvalue weighted by Gasteiger charge is -2.07. The molecule has 2 aromatic rings. The molecule has 100 valence electrons. The van der Waals surface area contributed by atoms with E-state index >= 15 is 0 Å². The molecule has 0 aliphatic heterocycles. The van der Waals surface area contributed by atoms with Crippen LogP contribution in [0.2, 0.25) is 0 Å². The van der Waals surface area contributed by atoms with Gasteiger partial charge in [0.1, 0.15) is 11.8 Å². The number of rotatable bonds is 4. The normalized spacial score (nSPS) is 9.80. The molecule has 0 saturated heterocycles. The second kappa shape index (κ2) is 6.45. The van der Waals surface area contributed by atoms with Crippen molar-refractivity contribution in [3.05, 3.63) is 59.4 Å². The quantitative estimate of drug-likeness (QED) is 0.886. The van der Waals surface area contributed by atoms with E-state index < -0.39 is 0 Å². The van der Waals surface area contributed by atoms with Crippen LogP contribution in [0.1, 0.15) is 21.6 Å². The maximum Gasteiger partial charge on any atom is 0.274 e. The number of hydrogen-bond acceptors (Lipinski definition) is 4. The van der Waals surface area contributed by atoms with Crippen molar-refractivity contribution in [2.75, 3.05) is 12.4 Å². The summed E-state index contributed by atoms with van der Waals surface area (Å²) in [5, 5.41) is 14.5. The van der Waals surface area contributed by atoms with Gasteiger partial charge in [0, 0.05) is 18.4 Å². The standard InChI is InChI=1S/C15H14N4O/c1-17-9-11-3-2-4-13(7-11)19-15(20)14-6-5-12(8-16)10-18-14/h2-7,10,17H,9H2,1H3,(H,19,20). The molecular formula is C15H14N4O. The number of benzene rings is 1. The van der Waals surface area contributed by atoms with Crippen LogP contribution in [0, 0.1) is 11.3 Å². The number of carbonyl (C=O) groups is 1. The molecule has 0 bridgehead atoms. The van der Waals surface area contributed by atoms with Gasteiger partial charge in [-0.25, -0.2) is 4.98 Å². The Balaban J connectivity index is 2.10. The Hall–Kier alpha value is -2.71. The van der Waals surface area contributed by atoms with Crippen molar-refractivity contribution in [1.29, 1.82) is 5.26 Å². The third kappa shape index (κ3) is 3.40. The number of nitriles is 1. The molecule has 0 spiro atoms. The highest BCUT2D eigenvalue weighted by atomic mass is 16.1. The Kier molecular flexibility index (Phi) is 4.43. The predicted octanol–water partition coefficient (Wildman–Crippen LogP) is 1.92. The zero-order valence-electron chi connectivity index (χ0n) is 11.1. The van der Waals surface area contributed by atoms with Crippen LogP contribution in [0.5, 0.6) is 0 Å². The first-order chi connectivity index (χ1) is 9.72. The van der Waals surface area contributed by atoms with Gasteiger partial charge in [-0.05, 0) is 36.9 Å². The molecule has 0 aliphatic rings. The fourth-order valence-electron chi connectivity index (χ4n) is 1.75. The molecule has 0 saturated carbocycles. The van der Waals surface area contributed by atoms with E-state index in [1.165, 1.54) is 12.3 Å². The summed E-state index contributed by atoms with van der Waals surface area (Å²) in [4.78, 5) is 16.0. The summed E-state index contributed by atoms with van der Waals surface area (Å²) in [5.74, 6) is -0.295. The van der Waals surface area contributed by atoms with Gasteiger partial charge in [0.2, 0.25) is 0 Å². The van der Waals surface area contributed by atoms with Crippen molar-refractivity contribution in [2.24, 2.45) is 0 Å². The first-order valence-corrected chi connectivity index (χ1v) is 6.14. The van der Waals surface area contributed by atoms with E-state index in [0.29, 0.717) is 11.3 Å². The van der Waals surface area contributed by atoms with Gasteiger partial charge in [-0.2, -0.15) is 5.26 Å². The lowest BCUT2D eigenvalue weighted by Crippen LogP contribution is -2.14. The highest BCUT2D eigenvalue weighted by Crippen LogP contribution is 2.12. The molecule has 20 heavy (non-hydrogen) atoms. The maximum atomic E-state index is 12.0. The van der Waals surface area contributed by atoms with Gasteiger partial charge in [0.25, 0.3) is 5.91 Å². The highest BCUT2D eigenvalue weighted by Gasteiger charge is 2.07. The molecule has 0 fully saturated rings. The topological polar surface area (TPSA) is 77.8 Å². The number of hydrogen-bond donors (Lipinski definition) is 2. The molecule has 5 nitrogen and oxygen atoms in total. The van der Waals surface area contributed by atoms with Gasteiger partial charge in [0.05, 0.1) is 5.56 Å². The zero-order chi connectivity index (χ0) is 14.4. The summed E-state index contributed by atoms with van der Waals surface area (Å²) in [7, 11) is 1.87. The zero-order valence-corrected chi connectivity index (χ0v) is 11.1. The Labute approximate surface area is 117 Å². The van der Waals surface area contributed by atoms with Crippen molar-refractivity contribution in [1.82, 2.24) is 10.3 Å². The predicted molar refractivity (Wildman–Crippen MR) is 76.1 cm³/mol. The Morgan fingerprint density at radius 3 is 2.85 bits per heavy atom. The molecule has 0 aliphatic carbocycles. The largest absolute Gasteiger partial charge is 0.321 e. The number of anilines is 1. The number of nitrogens with one attached hydrogen (secondary N) is 2. The fraction of sp³-hybridized carbons (Fsp3) is 0.133. The van der Waals surface area contributed by atoms with Gasteiger partial charge in [-0.1, -0.05) is 12.1 Å². The van der Waals surface area contributed by atoms with E-state index in [1.54, 1.807) is 6.07 Å². The smallest absolute Gasteiger partial charge is 0.274 e. The second-order valence-corrected chi connectivity index (χ2v) is 4.23. The SMILES string of the molecule is CNCc1cccc(NC(=O)c2ccc(C#N)cn2)c1. The molecule has 0 atom stereocenters. The molecule has 5 heteroatoms. The summed E-state index contributed by atoms with van der Waals surface area (Å²) in [5.41, 5.74) is 2.51. The second-order valence-electron chi connectivity index (χ2n) is 4.23. The fourth-order valence-corrected chi connectivity index (χ4v) is 1.75. The minimum Gasteiger partial charge on any atom is -0.321 e. The molecule has 1 aromatic carbocycles. The van der Waals surface area contributed by atoms with Crippen LogP contribution in [0.3, 0.4) is 0 Å². The van der Waals surface area contributed by atoms with Crippen molar-refractivity contribution < 1.29 is 4.79 Å². The molecule has 1 amide bonds. The van der Waals surface area contributed by atoms with E-state index in [0.717, 1.165) is 12.1 Å². The number of aromatic nitrogens is 1. The van der Waals surface area contributed by atoms with Crippen LogP contribution in [-0.4, -0.2) is 17.9 Å². The molecule has 2 rings (SSSR count). The molecule has 1 aromatic heterocycles. The van der Waals surface area contributed by atoms with E-state index in [4.69, 9.17) is 5.26 Å². The van der Waals surface area contributed by atoms with Gasteiger partial charge >= 0.3 is 0 Å². The van der Waals surface area contributed by atoms with Crippen LogP contribution in [-0.2, 0) is 6.54 Å². The lowest BCUT2D eigenvalue weighted by atomic mass is 10.2. The van der Waals surface area contributed by atoms with E-state index in [1.807, 2.05) is 37.4 Å². The number of pyridine rings is 1. The Morgan fingerprint density at radius 1 is 1.35 bits per heavy atom. The van der Waals surface area contributed by atoms with Crippen LogP contribution in [0.15, 0.2) is 42.6 Å². The molecule has 0 radical (unpaired) electrons. The van der Waals surface area contributed by atoms with E-state index in [9.17, 15) is 4.79 Å². The minimum atomic E-state index is -0.295. The molecule has 0 unspecified atom stereocenters. The van der Waals surface area contributed by atoms with E-state index in [2.05, 4.69) is 15.6 Å². The Morgan fingerprint density at radius 2 is 2.20 bits per heavy atom. The van der Waals surface area contributed by atoms with Crippen molar-refractivity contribution >= 4 is 11.6 Å². The van der Waals surface area contributed by atoms with Crippen LogP contribution in [0.4, 0.5) is 5.69 Å². The summed E-state index contributed by atoms with van der Waals surface area (Å²) in [6, 6.07) is 12.6. The van der Waals surface area contributed by atoms with Crippen molar-refractivity contribution in [3.8, 4) is 6.07 Å². The maximum absolute atomic E-state index is 12.0. The lowest BCUT2D eigenvalue weighted by molar-refractivity contribution is 0.102. The Bertz CT molecular complexity index is 644. The summed E-state index contributed by atoms with van der Waals surface area (Å²) in [6.45, 7) is 0.735. The third-order valence-electron chi connectivity index (χ3n) is 2.69. The van der Waals surface area contributed by atoms with Crippen LogP contribution in [0.25, 0.3) is 0 Å². The summed E-state index contributed by atoms with van der Waals surface area (Å²) >= 11 is 0. The summed E-state index contributed by atoms with van der Waals surface area (Å²) in [6.07, 6.45) is 1.38. The van der Waals surface area contributed by atoms with Gasteiger partial charge < -0.3 is 10.6 Å². The monoisotopic (exact) mass is 266 g/mol.